The lowest BCUT2D eigenvalue weighted by Gasteiger charge is -2.47. The SMILES string of the molecule is N[C@@H]1C(=O)N2C(C(=O)O)=C(/C=C/C[n+]3ccccc3)CS[C@H]12.[Cl-]. The molecule has 1 aromatic heterocycles. The van der Waals surface area contributed by atoms with E-state index in [2.05, 4.69) is 0 Å². The van der Waals surface area contributed by atoms with Gasteiger partial charge >= 0.3 is 5.97 Å². The van der Waals surface area contributed by atoms with Gasteiger partial charge in [-0.1, -0.05) is 12.1 Å². The molecule has 0 aromatic carbocycles. The maximum absolute atomic E-state index is 11.8. The molecule has 1 fully saturated rings. The summed E-state index contributed by atoms with van der Waals surface area (Å²) in [6.45, 7) is 0.638. The van der Waals surface area contributed by atoms with Crippen LogP contribution >= 0.6 is 11.8 Å². The Morgan fingerprint density at radius 3 is 2.78 bits per heavy atom. The number of carbonyl (C=O) groups excluding carboxylic acids is 1. The molecule has 0 radical (unpaired) electrons. The molecule has 0 aliphatic carbocycles. The summed E-state index contributed by atoms with van der Waals surface area (Å²) in [5, 5.41) is 9.16. The van der Waals surface area contributed by atoms with Crippen molar-refractivity contribution in [3.05, 3.63) is 54.0 Å². The van der Waals surface area contributed by atoms with E-state index in [0.29, 0.717) is 17.9 Å². The minimum Gasteiger partial charge on any atom is -1.00 e. The number of pyridine rings is 1. The molecule has 0 bridgehead atoms. The number of rotatable bonds is 4. The monoisotopic (exact) mass is 353 g/mol. The highest BCUT2D eigenvalue weighted by Crippen LogP contribution is 2.39. The van der Waals surface area contributed by atoms with Crippen LogP contribution in [-0.4, -0.2) is 39.1 Å². The Kier molecular flexibility index (Phi) is 5.46. The molecule has 1 aromatic rings. The summed E-state index contributed by atoms with van der Waals surface area (Å²) >= 11 is 1.50. The van der Waals surface area contributed by atoms with Crippen LogP contribution in [0.25, 0.3) is 0 Å². The number of allylic oxidation sites excluding steroid dienone is 2. The predicted octanol–water partition coefficient (Wildman–Crippen LogP) is -2.88. The number of aromatic nitrogens is 1. The first-order chi connectivity index (χ1) is 10.6. The largest absolute Gasteiger partial charge is 1.00 e. The molecule has 23 heavy (non-hydrogen) atoms. The van der Waals surface area contributed by atoms with Crippen molar-refractivity contribution in [1.29, 1.82) is 0 Å². The standard InChI is InChI=1S/C15H15N3O3S.ClH/c16-11-13(19)18-12(15(20)21)10(9-22-14(11)18)5-4-8-17-6-2-1-3-7-17;/h1-7,11,14H,8-9,16H2;1H/b5-4+;/t11-,14-;/m1./s1. The van der Waals surface area contributed by atoms with Gasteiger partial charge in [-0.2, -0.15) is 0 Å². The zero-order valence-corrected chi connectivity index (χ0v) is 13.7. The number of amides is 1. The Balaban J connectivity index is 0.00000192. The van der Waals surface area contributed by atoms with Gasteiger partial charge in [-0.15, -0.1) is 11.8 Å². The Morgan fingerprint density at radius 2 is 2.13 bits per heavy atom. The van der Waals surface area contributed by atoms with Crippen LogP contribution in [0.2, 0.25) is 0 Å². The van der Waals surface area contributed by atoms with E-state index in [4.69, 9.17) is 5.73 Å². The highest BCUT2D eigenvalue weighted by Gasteiger charge is 2.51. The lowest BCUT2D eigenvalue weighted by Crippen LogP contribution is -3.00. The average Bonchev–Trinajstić information content (AvgIpc) is 2.54. The molecule has 3 rings (SSSR count). The van der Waals surface area contributed by atoms with E-state index < -0.39 is 12.0 Å². The summed E-state index contributed by atoms with van der Waals surface area (Å²) in [6, 6.07) is 5.19. The fourth-order valence-corrected chi connectivity index (χ4v) is 3.81. The van der Waals surface area contributed by atoms with E-state index in [0.717, 1.165) is 0 Å². The minimum absolute atomic E-state index is 0. The number of thioether (sulfide) groups is 1. The van der Waals surface area contributed by atoms with Crippen molar-refractivity contribution in [1.82, 2.24) is 4.90 Å². The van der Waals surface area contributed by atoms with Crippen molar-refractivity contribution in [3.63, 3.8) is 0 Å². The number of hydrogen-bond acceptors (Lipinski definition) is 4. The Morgan fingerprint density at radius 1 is 1.43 bits per heavy atom. The third-order valence-corrected chi connectivity index (χ3v) is 4.98. The van der Waals surface area contributed by atoms with E-state index in [9.17, 15) is 14.7 Å². The summed E-state index contributed by atoms with van der Waals surface area (Å²) in [5.41, 5.74) is 6.42. The summed E-state index contributed by atoms with van der Waals surface area (Å²) in [4.78, 5) is 24.6. The van der Waals surface area contributed by atoms with Crippen LogP contribution in [0, 0.1) is 0 Å². The molecule has 2 aliphatic rings. The van der Waals surface area contributed by atoms with Gasteiger partial charge in [0.15, 0.2) is 18.9 Å². The van der Waals surface area contributed by atoms with Gasteiger partial charge in [0.25, 0.3) is 0 Å². The second-order valence-corrected chi connectivity index (χ2v) is 6.19. The number of hydrogen-bond donors (Lipinski definition) is 2. The van der Waals surface area contributed by atoms with Crippen LogP contribution in [0.15, 0.2) is 54.0 Å². The summed E-state index contributed by atoms with van der Waals surface area (Å²) < 4.78 is 1.97. The topological polar surface area (TPSA) is 87.5 Å². The van der Waals surface area contributed by atoms with Gasteiger partial charge in [-0.25, -0.2) is 9.36 Å². The maximum atomic E-state index is 11.8. The van der Waals surface area contributed by atoms with Crippen molar-refractivity contribution >= 4 is 23.6 Å². The second-order valence-electron chi connectivity index (χ2n) is 5.09. The molecule has 0 unspecified atom stereocenters. The maximum Gasteiger partial charge on any atom is 0.352 e. The van der Waals surface area contributed by atoms with Gasteiger partial charge in [0.1, 0.15) is 17.1 Å². The molecule has 122 valence electrons. The zero-order valence-electron chi connectivity index (χ0n) is 12.1. The van der Waals surface area contributed by atoms with E-state index in [1.165, 1.54) is 16.7 Å². The van der Waals surface area contributed by atoms with Crippen LogP contribution < -0.4 is 22.7 Å². The van der Waals surface area contributed by atoms with Crippen LogP contribution in [-0.2, 0) is 16.1 Å². The number of β-lactam (4-membered cyclic amide) rings is 1. The van der Waals surface area contributed by atoms with Gasteiger partial charge in [-0.05, 0) is 11.6 Å². The third kappa shape index (κ3) is 3.26. The molecule has 1 amide bonds. The Bertz CT molecular complexity index is 678. The number of carboxylic acid groups (broad SMARTS) is 1. The molecule has 2 atom stereocenters. The highest BCUT2D eigenvalue weighted by molar-refractivity contribution is 8.00. The molecule has 3 heterocycles. The highest BCUT2D eigenvalue weighted by atomic mass is 35.5. The van der Waals surface area contributed by atoms with Crippen LogP contribution in [0.4, 0.5) is 0 Å². The molecular weight excluding hydrogens is 338 g/mol. The average molecular weight is 354 g/mol. The van der Waals surface area contributed by atoms with Crippen molar-refractivity contribution in [2.45, 2.75) is 18.0 Å². The molecule has 2 aliphatic heterocycles. The fraction of sp³-hybridized carbons (Fsp3) is 0.267. The normalized spacial score (nSPS) is 23.3. The number of fused-ring (bicyclic) bond motifs is 1. The first-order valence-electron chi connectivity index (χ1n) is 6.87. The van der Waals surface area contributed by atoms with Gasteiger partial charge in [0.05, 0.1) is 0 Å². The van der Waals surface area contributed by atoms with Crippen molar-refractivity contribution in [3.8, 4) is 0 Å². The smallest absolute Gasteiger partial charge is 0.352 e. The first-order valence-corrected chi connectivity index (χ1v) is 7.92. The number of halogens is 1. The Hall–Kier alpha value is -1.83. The van der Waals surface area contributed by atoms with Gasteiger partial charge < -0.3 is 23.2 Å². The van der Waals surface area contributed by atoms with Crippen molar-refractivity contribution in [2.24, 2.45) is 5.73 Å². The quantitative estimate of drug-likeness (QED) is 0.448. The fourth-order valence-electron chi connectivity index (χ4n) is 2.54. The van der Waals surface area contributed by atoms with Crippen LogP contribution in [0.5, 0.6) is 0 Å². The Labute approximate surface area is 144 Å². The molecule has 8 heteroatoms. The summed E-state index contributed by atoms with van der Waals surface area (Å²) in [7, 11) is 0. The third-order valence-electron chi connectivity index (χ3n) is 3.65. The predicted molar refractivity (Wildman–Crippen MR) is 81.5 cm³/mol. The summed E-state index contributed by atoms with van der Waals surface area (Å²) in [6.07, 6.45) is 7.54. The van der Waals surface area contributed by atoms with Gasteiger partial charge in [0.2, 0.25) is 5.91 Å². The van der Waals surface area contributed by atoms with Crippen molar-refractivity contribution < 1.29 is 31.7 Å². The first kappa shape index (κ1) is 17.5. The number of nitrogens with zero attached hydrogens (tertiary/aromatic N) is 2. The number of carboxylic acids is 1. The number of carbonyl (C=O) groups is 2. The minimum atomic E-state index is -1.09. The van der Waals surface area contributed by atoms with Crippen molar-refractivity contribution in [2.75, 3.05) is 5.75 Å². The van der Waals surface area contributed by atoms with E-state index in [1.54, 1.807) is 6.08 Å². The van der Waals surface area contributed by atoms with E-state index in [1.807, 2.05) is 41.2 Å². The lowest BCUT2D eigenvalue weighted by molar-refractivity contribution is -0.687. The van der Waals surface area contributed by atoms with Crippen LogP contribution in [0.3, 0.4) is 0 Å². The van der Waals surface area contributed by atoms with E-state index in [-0.39, 0.29) is 29.4 Å². The molecule has 6 nitrogen and oxygen atoms in total. The lowest BCUT2D eigenvalue weighted by atomic mass is 10.0. The number of aliphatic carboxylic acids is 1. The molecule has 1 saturated heterocycles. The molecule has 0 spiro atoms. The molecule has 3 N–H and O–H groups in total. The second kappa shape index (κ2) is 7.16. The number of nitrogens with two attached hydrogens (primary N) is 1. The van der Waals surface area contributed by atoms with Gasteiger partial charge in [0, 0.05) is 17.9 Å². The van der Waals surface area contributed by atoms with Crippen LogP contribution in [0.1, 0.15) is 0 Å². The summed E-state index contributed by atoms with van der Waals surface area (Å²) in [5.74, 6) is -0.866. The van der Waals surface area contributed by atoms with E-state index >= 15 is 0 Å². The molecule has 0 saturated carbocycles. The zero-order chi connectivity index (χ0) is 15.7. The van der Waals surface area contributed by atoms with Gasteiger partial charge in [-0.3, -0.25) is 9.69 Å². The molecular formula is C15H16ClN3O3S.